The van der Waals surface area contributed by atoms with Crippen LogP contribution in [0.15, 0.2) is 32.7 Å². The zero-order valence-corrected chi connectivity index (χ0v) is 20.1. The van der Waals surface area contributed by atoms with Crippen molar-refractivity contribution in [2.75, 3.05) is 0 Å². The van der Waals surface area contributed by atoms with Crippen molar-refractivity contribution in [2.24, 2.45) is 33.7 Å². The number of hydrogen-bond donors (Lipinski definition) is 0. The lowest BCUT2D eigenvalue weighted by atomic mass is 9.44. The number of nitrogens with zero attached hydrogens (tertiary/aromatic N) is 3. The Morgan fingerprint density at radius 1 is 1.18 bits per heavy atom. The zero-order chi connectivity index (χ0) is 23.9. The van der Waals surface area contributed by atoms with Crippen LogP contribution in [-0.4, -0.2) is 29.8 Å². The van der Waals surface area contributed by atoms with Gasteiger partial charge >= 0.3 is 11.6 Å². The lowest BCUT2D eigenvalue weighted by Crippen LogP contribution is -2.58. The van der Waals surface area contributed by atoms with Gasteiger partial charge in [0.05, 0.1) is 6.26 Å². The zero-order valence-electron chi connectivity index (χ0n) is 20.1. The maximum absolute atomic E-state index is 12.1. The third kappa shape index (κ3) is 2.78. The van der Waals surface area contributed by atoms with Gasteiger partial charge in [0.1, 0.15) is 17.8 Å². The van der Waals surface area contributed by atoms with Crippen molar-refractivity contribution in [3.8, 4) is 0 Å². The van der Waals surface area contributed by atoms with Crippen LogP contribution in [0, 0.1) is 28.6 Å². The summed E-state index contributed by atoms with van der Waals surface area (Å²) in [6.45, 7) is 6.22. The molecule has 5 fully saturated rings. The van der Waals surface area contributed by atoms with Gasteiger partial charge in [0, 0.05) is 35.3 Å². The minimum Gasteiger partial charge on any atom is -0.459 e. The summed E-state index contributed by atoms with van der Waals surface area (Å²) in [4.78, 5) is 26.9. The van der Waals surface area contributed by atoms with E-state index in [0.717, 1.165) is 50.5 Å². The minimum atomic E-state index is -0.377. The Hall–Kier alpha value is -2.31. The van der Waals surface area contributed by atoms with Gasteiger partial charge in [-0.2, -0.15) is 0 Å². The fourth-order valence-electron chi connectivity index (χ4n) is 9.28. The highest BCUT2D eigenvalue weighted by molar-refractivity contribution is 5.66. The molecule has 10 atom stereocenters. The molecule has 1 aromatic heterocycles. The summed E-state index contributed by atoms with van der Waals surface area (Å²) >= 11 is 0. The van der Waals surface area contributed by atoms with Crippen LogP contribution in [0.4, 0.5) is 0 Å². The number of azide groups is 1. The molecule has 1 unspecified atom stereocenters. The van der Waals surface area contributed by atoms with Crippen molar-refractivity contribution in [1.29, 1.82) is 0 Å². The number of fused-ring (bicyclic) bond motifs is 3. The number of hydrogen-bond acceptors (Lipinski definition) is 6. The van der Waals surface area contributed by atoms with E-state index in [1.807, 2.05) is 6.07 Å². The van der Waals surface area contributed by atoms with E-state index in [4.69, 9.17) is 19.4 Å². The molecule has 2 heterocycles. The average molecular weight is 468 g/mol. The summed E-state index contributed by atoms with van der Waals surface area (Å²) in [7, 11) is 0. The van der Waals surface area contributed by atoms with Crippen molar-refractivity contribution in [3.05, 3.63) is 44.8 Å². The molecule has 5 aliphatic rings. The van der Waals surface area contributed by atoms with Crippen LogP contribution in [0.3, 0.4) is 0 Å². The van der Waals surface area contributed by atoms with Crippen molar-refractivity contribution < 1.29 is 18.7 Å². The maximum atomic E-state index is 12.1. The van der Waals surface area contributed by atoms with Crippen molar-refractivity contribution in [3.63, 3.8) is 0 Å². The number of rotatable bonds is 3. The number of carbonyl (C=O) groups is 1. The van der Waals surface area contributed by atoms with Gasteiger partial charge < -0.3 is 13.9 Å². The number of carbonyl (C=O) groups excluding carboxylic acids is 1. The number of ether oxygens (including phenoxy) is 2. The van der Waals surface area contributed by atoms with Crippen molar-refractivity contribution in [2.45, 2.75) is 95.5 Å². The summed E-state index contributed by atoms with van der Waals surface area (Å²) in [6, 6.07) is 3.41. The molecule has 1 aromatic rings. The molecule has 8 heteroatoms. The molecule has 0 radical (unpaired) electrons. The van der Waals surface area contributed by atoms with E-state index in [-0.39, 0.29) is 52.2 Å². The first-order valence-electron chi connectivity index (χ1n) is 12.7. The number of epoxide rings is 1. The maximum Gasteiger partial charge on any atom is 0.335 e. The molecule has 1 aliphatic heterocycles. The monoisotopic (exact) mass is 467 g/mol. The van der Waals surface area contributed by atoms with Gasteiger partial charge in [0.15, 0.2) is 0 Å². The SMILES string of the molecule is CC(=O)O[C@H]1[C@H]2O[C@]23C2CC[C@@H]4C[C@H](N=[N+]=[N-])CC[C@]4(C)[C@H]2CC[C@]3(C)[C@H]1c1ccc(=O)oc1. The summed E-state index contributed by atoms with van der Waals surface area (Å²) in [5, 5.41) is 4.06. The minimum absolute atomic E-state index is 0.0633. The third-order valence-corrected chi connectivity index (χ3v) is 10.7. The highest BCUT2D eigenvalue weighted by Crippen LogP contribution is 2.78. The Morgan fingerprint density at radius 3 is 2.71 bits per heavy atom. The fourth-order valence-corrected chi connectivity index (χ4v) is 9.28. The molecule has 1 saturated heterocycles. The standard InChI is InChI=1S/C26H33N3O5/c1-14(30)33-22-21(15-4-7-20(31)32-13-15)25(3)11-9-18-19(26(25)23(22)34-26)6-5-16-12-17(28-29-27)8-10-24(16,18)2/h4,7,13,16-19,21-23H,5-6,8-12H2,1-3H3/t16-,17-,18+,19?,21+,22-,23-,24+,25-,26-/m1/s1. The highest BCUT2D eigenvalue weighted by atomic mass is 16.7. The van der Waals surface area contributed by atoms with Gasteiger partial charge in [0.25, 0.3) is 0 Å². The Morgan fingerprint density at radius 2 is 2.00 bits per heavy atom. The molecule has 0 N–H and O–H groups in total. The van der Waals surface area contributed by atoms with Gasteiger partial charge in [-0.15, -0.1) is 0 Å². The molecule has 4 saturated carbocycles. The van der Waals surface area contributed by atoms with E-state index in [9.17, 15) is 9.59 Å². The van der Waals surface area contributed by atoms with Crippen LogP contribution >= 0.6 is 0 Å². The first-order chi connectivity index (χ1) is 16.2. The topological polar surface area (TPSA) is 118 Å². The van der Waals surface area contributed by atoms with Crippen LogP contribution < -0.4 is 5.63 Å². The molecular weight excluding hydrogens is 434 g/mol. The van der Waals surface area contributed by atoms with Crippen LogP contribution in [0.2, 0.25) is 0 Å². The molecule has 4 aliphatic carbocycles. The summed E-state index contributed by atoms with van der Waals surface area (Å²) in [6.07, 6.45) is 8.37. The predicted molar refractivity (Wildman–Crippen MR) is 123 cm³/mol. The Kier molecular flexibility index (Phi) is 4.79. The Bertz CT molecular complexity index is 1110. The van der Waals surface area contributed by atoms with E-state index in [0.29, 0.717) is 17.8 Å². The molecule has 0 bridgehead atoms. The van der Waals surface area contributed by atoms with Gasteiger partial charge in [0.2, 0.25) is 0 Å². The van der Waals surface area contributed by atoms with Gasteiger partial charge in [-0.1, -0.05) is 19.0 Å². The molecular formula is C26H33N3O5. The van der Waals surface area contributed by atoms with Crippen LogP contribution in [0.25, 0.3) is 10.4 Å². The molecule has 0 aromatic carbocycles. The van der Waals surface area contributed by atoms with E-state index < -0.39 is 0 Å². The Balaban J connectivity index is 1.37. The number of esters is 1. The van der Waals surface area contributed by atoms with Crippen molar-refractivity contribution in [1.82, 2.24) is 0 Å². The van der Waals surface area contributed by atoms with Gasteiger partial charge in [-0.05, 0) is 85.3 Å². The van der Waals surface area contributed by atoms with E-state index in [1.54, 1.807) is 6.26 Å². The normalized spacial score (nSPS) is 48.4. The van der Waals surface area contributed by atoms with Crippen LogP contribution in [0.5, 0.6) is 0 Å². The van der Waals surface area contributed by atoms with Crippen LogP contribution in [-0.2, 0) is 14.3 Å². The average Bonchev–Trinajstić information content (AvgIpc) is 3.50. The van der Waals surface area contributed by atoms with Crippen LogP contribution in [0.1, 0.15) is 77.2 Å². The second kappa shape index (κ2) is 7.34. The first-order valence-corrected chi connectivity index (χ1v) is 12.7. The lowest BCUT2D eigenvalue weighted by molar-refractivity contribution is -0.156. The fraction of sp³-hybridized carbons (Fsp3) is 0.769. The molecule has 182 valence electrons. The van der Waals surface area contributed by atoms with Gasteiger partial charge in [-0.3, -0.25) is 4.79 Å². The lowest BCUT2D eigenvalue weighted by Gasteiger charge is -2.61. The molecule has 0 amide bonds. The van der Waals surface area contributed by atoms with E-state index in [1.165, 1.54) is 13.0 Å². The van der Waals surface area contributed by atoms with Crippen molar-refractivity contribution >= 4 is 5.97 Å². The van der Waals surface area contributed by atoms with Gasteiger partial charge in [-0.25, -0.2) is 4.79 Å². The summed E-state index contributed by atoms with van der Waals surface area (Å²) in [5.74, 6) is 1.16. The summed E-state index contributed by atoms with van der Waals surface area (Å²) < 4.78 is 17.8. The third-order valence-electron chi connectivity index (χ3n) is 10.7. The predicted octanol–water partition coefficient (Wildman–Crippen LogP) is 5.12. The second-order valence-electron chi connectivity index (χ2n) is 11.9. The molecule has 34 heavy (non-hydrogen) atoms. The highest BCUT2D eigenvalue weighted by Gasteiger charge is 2.84. The quantitative estimate of drug-likeness (QED) is 0.201. The van der Waals surface area contributed by atoms with E-state index in [2.05, 4.69) is 23.9 Å². The summed E-state index contributed by atoms with van der Waals surface area (Å²) in [5.41, 5.74) is 9.17. The molecule has 6 rings (SSSR count). The first kappa shape index (κ1) is 22.2. The second-order valence-corrected chi connectivity index (χ2v) is 11.9. The molecule has 1 spiro atoms. The molecule has 8 nitrogen and oxygen atoms in total. The largest absolute Gasteiger partial charge is 0.459 e. The Labute approximate surface area is 199 Å². The smallest absolute Gasteiger partial charge is 0.335 e. The van der Waals surface area contributed by atoms with E-state index >= 15 is 0 Å².